The normalized spacial score (nSPS) is 11.3. The fourth-order valence-corrected chi connectivity index (χ4v) is 2.89. The van der Waals surface area contributed by atoms with Gasteiger partial charge in [0.15, 0.2) is 0 Å². The van der Waals surface area contributed by atoms with Gasteiger partial charge in [0.05, 0.1) is 5.52 Å². The van der Waals surface area contributed by atoms with Crippen LogP contribution < -0.4 is 5.32 Å². The van der Waals surface area contributed by atoms with Gasteiger partial charge < -0.3 is 4.57 Å². The summed E-state index contributed by atoms with van der Waals surface area (Å²) >= 11 is 1.36. The molecule has 0 spiro atoms. The number of amides is 1. The second kappa shape index (κ2) is 5.84. The fourth-order valence-electron chi connectivity index (χ4n) is 2.13. The molecule has 0 saturated carbocycles. The van der Waals surface area contributed by atoms with Crippen LogP contribution in [0.15, 0.2) is 30.5 Å². The SMILES string of the molecule is CC(C)c1nnc(NC(=O)Cn2ccc3ccc(F)cc32)s1. The zero-order valence-corrected chi connectivity index (χ0v) is 13.0. The van der Waals surface area contributed by atoms with E-state index in [1.807, 2.05) is 19.9 Å². The van der Waals surface area contributed by atoms with Gasteiger partial charge in [0.2, 0.25) is 11.0 Å². The number of nitrogens with one attached hydrogen (secondary N) is 1. The summed E-state index contributed by atoms with van der Waals surface area (Å²) in [6.45, 7) is 4.14. The van der Waals surface area contributed by atoms with E-state index in [1.165, 1.54) is 23.5 Å². The van der Waals surface area contributed by atoms with Crippen molar-refractivity contribution in [1.29, 1.82) is 0 Å². The number of fused-ring (bicyclic) bond motifs is 1. The number of rotatable bonds is 4. The molecule has 5 nitrogen and oxygen atoms in total. The Morgan fingerprint density at radius 3 is 2.91 bits per heavy atom. The Labute approximate surface area is 130 Å². The maximum absolute atomic E-state index is 13.3. The van der Waals surface area contributed by atoms with Gasteiger partial charge in [-0.1, -0.05) is 25.2 Å². The summed E-state index contributed by atoms with van der Waals surface area (Å²) in [7, 11) is 0. The minimum atomic E-state index is -0.321. The first kappa shape index (κ1) is 14.6. The first-order chi connectivity index (χ1) is 10.5. The van der Waals surface area contributed by atoms with Crippen molar-refractivity contribution >= 4 is 33.3 Å². The zero-order chi connectivity index (χ0) is 15.7. The van der Waals surface area contributed by atoms with Crippen LogP contribution in [-0.4, -0.2) is 20.7 Å². The molecule has 0 saturated heterocycles. The van der Waals surface area contributed by atoms with Crippen molar-refractivity contribution in [3.63, 3.8) is 0 Å². The standard InChI is InChI=1S/C15H15FN4OS/c1-9(2)14-18-19-15(22-14)17-13(21)8-20-6-5-10-3-4-11(16)7-12(10)20/h3-7,9H,8H2,1-2H3,(H,17,19,21). The Hall–Kier alpha value is -2.28. The molecule has 3 aromatic rings. The van der Waals surface area contributed by atoms with E-state index in [0.29, 0.717) is 10.6 Å². The molecule has 0 unspecified atom stereocenters. The van der Waals surface area contributed by atoms with Crippen LogP contribution in [0.2, 0.25) is 0 Å². The quantitative estimate of drug-likeness (QED) is 0.802. The largest absolute Gasteiger partial charge is 0.338 e. The summed E-state index contributed by atoms with van der Waals surface area (Å²) in [6.07, 6.45) is 1.77. The molecule has 0 bridgehead atoms. The lowest BCUT2D eigenvalue weighted by Gasteiger charge is -2.05. The van der Waals surface area contributed by atoms with Gasteiger partial charge in [-0.15, -0.1) is 10.2 Å². The second-order valence-corrected chi connectivity index (χ2v) is 6.30. The number of carbonyl (C=O) groups is 1. The number of hydrogen-bond donors (Lipinski definition) is 1. The van der Waals surface area contributed by atoms with Crippen LogP contribution in [0.25, 0.3) is 10.9 Å². The number of hydrogen-bond acceptors (Lipinski definition) is 4. The number of carbonyl (C=O) groups excluding carboxylic acids is 1. The smallest absolute Gasteiger partial charge is 0.246 e. The molecule has 0 atom stereocenters. The van der Waals surface area contributed by atoms with Crippen molar-refractivity contribution in [1.82, 2.24) is 14.8 Å². The van der Waals surface area contributed by atoms with Crippen molar-refractivity contribution < 1.29 is 9.18 Å². The molecular weight excluding hydrogens is 303 g/mol. The second-order valence-electron chi connectivity index (χ2n) is 5.30. The first-order valence-electron chi connectivity index (χ1n) is 6.90. The highest BCUT2D eigenvalue weighted by Crippen LogP contribution is 2.22. The van der Waals surface area contributed by atoms with E-state index in [4.69, 9.17) is 0 Å². The lowest BCUT2D eigenvalue weighted by molar-refractivity contribution is -0.116. The van der Waals surface area contributed by atoms with Crippen LogP contribution in [-0.2, 0) is 11.3 Å². The molecule has 0 aliphatic rings. The molecule has 0 aliphatic carbocycles. The van der Waals surface area contributed by atoms with Crippen molar-refractivity contribution in [3.05, 3.63) is 41.3 Å². The third-order valence-corrected chi connectivity index (χ3v) is 4.37. The Kier molecular flexibility index (Phi) is 3.89. The molecule has 2 heterocycles. The lowest BCUT2D eigenvalue weighted by atomic mass is 10.2. The lowest BCUT2D eigenvalue weighted by Crippen LogP contribution is -2.18. The highest BCUT2D eigenvalue weighted by atomic mass is 32.1. The average molecular weight is 318 g/mol. The van der Waals surface area contributed by atoms with Crippen LogP contribution in [0.1, 0.15) is 24.8 Å². The number of halogens is 1. The Bertz CT molecular complexity index is 824. The molecule has 1 N–H and O–H groups in total. The highest BCUT2D eigenvalue weighted by Gasteiger charge is 2.12. The fraction of sp³-hybridized carbons (Fsp3) is 0.267. The molecular formula is C15H15FN4OS. The Morgan fingerprint density at radius 2 is 2.18 bits per heavy atom. The topological polar surface area (TPSA) is 59.8 Å². The van der Waals surface area contributed by atoms with Gasteiger partial charge in [0.25, 0.3) is 0 Å². The van der Waals surface area contributed by atoms with E-state index in [9.17, 15) is 9.18 Å². The van der Waals surface area contributed by atoms with Gasteiger partial charge in [0, 0.05) is 12.1 Å². The molecule has 1 amide bonds. The van der Waals surface area contributed by atoms with Crippen LogP contribution in [0.5, 0.6) is 0 Å². The predicted octanol–water partition coefficient (Wildman–Crippen LogP) is 3.39. The van der Waals surface area contributed by atoms with E-state index >= 15 is 0 Å². The van der Waals surface area contributed by atoms with Crippen molar-refractivity contribution in [2.24, 2.45) is 0 Å². The molecule has 7 heteroatoms. The van der Waals surface area contributed by atoms with E-state index in [2.05, 4.69) is 15.5 Å². The summed E-state index contributed by atoms with van der Waals surface area (Å²) < 4.78 is 15.0. The summed E-state index contributed by atoms with van der Waals surface area (Å²) in [6, 6.07) is 6.37. The monoisotopic (exact) mass is 318 g/mol. The molecule has 1 aromatic carbocycles. The summed E-state index contributed by atoms with van der Waals surface area (Å²) in [4.78, 5) is 12.1. The maximum atomic E-state index is 13.3. The minimum Gasteiger partial charge on any atom is -0.338 e. The van der Waals surface area contributed by atoms with Crippen LogP contribution in [0.3, 0.4) is 0 Å². The zero-order valence-electron chi connectivity index (χ0n) is 12.2. The van der Waals surface area contributed by atoms with Crippen LogP contribution >= 0.6 is 11.3 Å². The van der Waals surface area contributed by atoms with Gasteiger partial charge in [0.1, 0.15) is 17.4 Å². The molecule has 0 fully saturated rings. The first-order valence-corrected chi connectivity index (χ1v) is 7.72. The number of nitrogens with zero attached hydrogens (tertiary/aromatic N) is 3. The minimum absolute atomic E-state index is 0.101. The van der Waals surface area contributed by atoms with Crippen LogP contribution in [0.4, 0.5) is 9.52 Å². The summed E-state index contributed by atoms with van der Waals surface area (Å²) in [5.41, 5.74) is 0.690. The third-order valence-electron chi connectivity index (χ3n) is 3.23. The number of anilines is 1. The van der Waals surface area contributed by atoms with Gasteiger partial charge in [-0.25, -0.2) is 4.39 Å². The highest BCUT2D eigenvalue weighted by molar-refractivity contribution is 7.15. The predicted molar refractivity (Wildman–Crippen MR) is 84.5 cm³/mol. The summed E-state index contributed by atoms with van der Waals surface area (Å²) in [5, 5.41) is 13.0. The van der Waals surface area contributed by atoms with Gasteiger partial charge in [-0.3, -0.25) is 10.1 Å². The molecule has 0 radical (unpaired) electrons. The van der Waals surface area contributed by atoms with E-state index in [0.717, 1.165) is 10.4 Å². The number of aromatic nitrogens is 3. The Morgan fingerprint density at radius 1 is 1.36 bits per heavy atom. The van der Waals surface area contributed by atoms with Gasteiger partial charge in [-0.2, -0.15) is 0 Å². The average Bonchev–Trinajstić information content (AvgIpc) is 3.07. The Balaban J connectivity index is 1.74. The molecule has 2 aromatic heterocycles. The van der Waals surface area contributed by atoms with Crippen molar-refractivity contribution in [3.8, 4) is 0 Å². The molecule has 0 aliphatic heterocycles. The van der Waals surface area contributed by atoms with Gasteiger partial charge in [-0.05, 0) is 29.7 Å². The van der Waals surface area contributed by atoms with E-state index in [-0.39, 0.29) is 24.2 Å². The van der Waals surface area contributed by atoms with E-state index < -0.39 is 0 Å². The third kappa shape index (κ3) is 2.99. The van der Waals surface area contributed by atoms with Crippen LogP contribution in [0, 0.1) is 5.82 Å². The van der Waals surface area contributed by atoms with E-state index in [1.54, 1.807) is 16.8 Å². The molecule has 114 valence electrons. The van der Waals surface area contributed by atoms with Crippen molar-refractivity contribution in [2.75, 3.05) is 5.32 Å². The number of benzene rings is 1. The molecule has 3 rings (SSSR count). The van der Waals surface area contributed by atoms with Gasteiger partial charge >= 0.3 is 0 Å². The summed E-state index contributed by atoms with van der Waals surface area (Å²) in [5.74, 6) is -0.258. The maximum Gasteiger partial charge on any atom is 0.246 e. The van der Waals surface area contributed by atoms with Crippen molar-refractivity contribution in [2.45, 2.75) is 26.3 Å². The molecule has 22 heavy (non-hydrogen) atoms.